The first kappa shape index (κ1) is 26.5. The van der Waals surface area contributed by atoms with Gasteiger partial charge in [0.05, 0.1) is 21.6 Å². The molecule has 11 heteroatoms. The second-order valence-electron chi connectivity index (χ2n) is 9.50. The maximum atomic E-state index is 14.7. The fourth-order valence-electron chi connectivity index (χ4n) is 4.77. The van der Waals surface area contributed by atoms with Crippen LogP contribution in [0.1, 0.15) is 61.0 Å². The molecule has 2 aromatic rings. The SMILES string of the molecule is CC[C@@H]1CC[C@H](C(=O)N[C@@H](c2cc(F)c(Cl)cc2F)C2(O)CC2)N1C(=O)c1cccc(S(C)(=O)=O)c1. The normalized spacial score (nSPS) is 21.8. The van der Waals surface area contributed by atoms with Crippen molar-refractivity contribution in [2.75, 3.05) is 6.26 Å². The number of carbonyl (C=O) groups is 2. The van der Waals surface area contributed by atoms with Crippen LogP contribution in [0, 0.1) is 11.6 Å². The number of likely N-dealkylation sites (tertiary alicyclic amines) is 1. The first-order chi connectivity index (χ1) is 16.9. The standard InChI is InChI=1S/C25H27ClF2N2O5S/c1-3-15-7-8-21(30(15)24(32)14-5-4-6-16(11-14)36(2,34)35)23(31)29-22(25(33)9-10-25)17-12-20(28)18(26)13-19(17)27/h4-6,11-13,15,21-22,33H,3,7-10H2,1-2H3,(H,29,31)/t15-,21-,22+/m1/s1. The molecule has 36 heavy (non-hydrogen) atoms. The summed E-state index contributed by atoms with van der Waals surface area (Å²) in [6, 6.07) is 4.83. The lowest BCUT2D eigenvalue weighted by Crippen LogP contribution is -2.51. The van der Waals surface area contributed by atoms with Gasteiger partial charge in [0.15, 0.2) is 9.84 Å². The summed E-state index contributed by atoms with van der Waals surface area (Å²) < 4.78 is 52.8. The monoisotopic (exact) mass is 540 g/mol. The zero-order valence-corrected chi connectivity index (χ0v) is 21.4. The van der Waals surface area contributed by atoms with Gasteiger partial charge >= 0.3 is 0 Å². The summed E-state index contributed by atoms with van der Waals surface area (Å²) in [5.41, 5.74) is -1.55. The number of rotatable bonds is 7. The summed E-state index contributed by atoms with van der Waals surface area (Å²) in [5.74, 6) is -2.87. The number of carbonyl (C=O) groups excluding carboxylic acids is 2. The Kier molecular flexibility index (Phi) is 7.15. The molecule has 0 radical (unpaired) electrons. The van der Waals surface area contributed by atoms with Crippen LogP contribution in [0.2, 0.25) is 5.02 Å². The molecule has 1 saturated heterocycles. The van der Waals surface area contributed by atoms with Crippen molar-refractivity contribution in [2.24, 2.45) is 0 Å². The zero-order valence-electron chi connectivity index (χ0n) is 19.8. The van der Waals surface area contributed by atoms with Gasteiger partial charge in [-0.1, -0.05) is 24.6 Å². The molecule has 2 amide bonds. The molecule has 1 aliphatic carbocycles. The van der Waals surface area contributed by atoms with Gasteiger partial charge < -0.3 is 15.3 Å². The molecule has 1 heterocycles. The fraction of sp³-hybridized carbons (Fsp3) is 0.440. The Morgan fingerprint density at radius 3 is 2.50 bits per heavy atom. The molecule has 2 N–H and O–H groups in total. The van der Waals surface area contributed by atoms with Crippen LogP contribution in [0.25, 0.3) is 0 Å². The summed E-state index contributed by atoms with van der Waals surface area (Å²) in [7, 11) is -3.55. The van der Waals surface area contributed by atoms with Crippen LogP contribution < -0.4 is 5.32 Å². The van der Waals surface area contributed by atoms with Gasteiger partial charge in [-0.2, -0.15) is 0 Å². The minimum Gasteiger partial charge on any atom is -0.387 e. The predicted molar refractivity (Wildman–Crippen MR) is 129 cm³/mol. The molecule has 7 nitrogen and oxygen atoms in total. The minimum atomic E-state index is -3.55. The Bertz CT molecular complexity index is 1320. The maximum absolute atomic E-state index is 14.7. The second kappa shape index (κ2) is 9.72. The summed E-state index contributed by atoms with van der Waals surface area (Å²) in [6.07, 6.45) is 3.02. The lowest BCUT2D eigenvalue weighted by atomic mass is 9.98. The van der Waals surface area contributed by atoms with E-state index in [0.717, 1.165) is 18.4 Å². The van der Waals surface area contributed by atoms with Crippen LogP contribution in [-0.4, -0.2) is 54.2 Å². The number of sulfone groups is 1. The smallest absolute Gasteiger partial charge is 0.254 e. The van der Waals surface area contributed by atoms with Crippen molar-refractivity contribution in [3.63, 3.8) is 0 Å². The van der Waals surface area contributed by atoms with Crippen molar-refractivity contribution in [3.05, 3.63) is 64.2 Å². The number of hydrogen-bond donors (Lipinski definition) is 2. The van der Waals surface area contributed by atoms with Gasteiger partial charge in [0.2, 0.25) is 5.91 Å². The Balaban J connectivity index is 1.64. The van der Waals surface area contributed by atoms with Crippen LogP contribution in [0.5, 0.6) is 0 Å². The van der Waals surface area contributed by atoms with Crippen LogP contribution in [0.4, 0.5) is 8.78 Å². The highest BCUT2D eigenvalue weighted by Gasteiger charge is 2.51. The van der Waals surface area contributed by atoms with Crippen molar-refractivity contribution in [2.45, 2.75) is 67.6 Å². The number of benzene rings is 2. The summed E-state index contributed by atoms with van der Waals surface area (Å²) in [6.45, 7) is 1.87. The zero-order chi connectivity index (χ0) is 26.4. The Morgan fingerprint density at radius 1 is 1.19 bits per heavy atom. The molecule has 194 valence electrons. The van der Waals surface area contributed by atoms with Gasteiger partial charge in [-0.3, -0.25) is 9.59 Å². The van der Waals surface area contributed by atoms with E-state index in [-0.39, 0.29) is 34.9 Å². The molecule has 2 fully saturated rings. The lowest BCUT2D eigenvalue weighted by Gasteiger charge is -2.32. The first-order valence-electron chi connectivity index (χ1n) is 11.7. The van der Waals surface area contributed by atoms with E-state index in [1.165, 1.54) is 29.2 Å². The molecule has 4 rings (SSSR count). The highest BCUT2D eigenvalue weighted by atomic mass is 35.5. The molecular formula is C25H27ClF2N2O5S. The third-order valence-electron chi connectivity index (χ3n) is 6.96. The Morgan fingerprint density at radius 2 is 1.89 bits per heavy atom. The molecule has 1 saturated carbocycles. The number of nitrogens with one attached hydrogen (secondary N) is 1. The van der Waals surface area contributed by atoms with Crippen molar-refractivity contribution >= 4 is 33.3 Å². The molecule has 2 aromatic carbocycles. The molecule has 0 spiro atoms. The maximum Gasteiger partial charge on any atom is 0.254 e. The van der Waals surface area contributed by atoms with E-state index >= 15 is 0 Å². The van der Waals surface area contributed by atoms with Crippen molar-refractivity contribution in [1.82, 2.24) is 10.2 Å². The largest absolute Gasteiger partial charge is 0.387 e. The molecule has 1 aliphatic heterocycles. The quantitative estimate of drug-likeness (QED) is 0.520. The number of hydrogen-bond acceptors (Lipinski definition) is 5. The highest BCUT2D eigenvalue weighted by Crippen LogP contribution is 2.47. The number of aliphatic hydroxyl groups is 1. The molecule has 0 aromatic heterocycles. The van der Waals surface area contributed by atoms with Crippen LogP contribution in [0.3, 0.4) is 0 Å². The van der Waals surface area contributed by atoms with E-state index < -0.39 is 56.0 Å². The number of nitrogens with zero attached hydrogens (tertiary/aromatic N) is 1. The van der Waals surface area contributed by atoms with Gasteiger partial charge in [0.25, 0.3) is 5.91 Å². The van der Waals surface area contributed by atoms with Gasteiger partial charge in [0, 0.05) is 23.4 Å². The molecule has 3 atom stereocenters. The predicted octanol–water partition coefficient (Wildman–Crippen LogP) is 3.79. The van der Waals surface area contributed by atoms with Crippen LogP contribution in [0.15, 0.2) is 41.3 Å². The average Bonchev–Trinajstić information content (AvgIpc) is 3.42. The third-order valence-corrected chi connectivity index (χ3v) is 8.36. The van der Waals surface area contributed by atoms with E-state index in [2.05, 4.69) is 5.32 Å². The van der Waals surface area contributed by atoms with Crippen molar-refractivity contribution in [1.29, 1.82) is 0 Å². The van der Waals surface area contributed by atoms with Gasteiger partial charge in [-0.25, -0.2) is 17.2 Å². The van der Waals surface area contributed by atoms with E-state index in [1.807, 2.05) is 6.92 Å². The van der Waals surface area contributed by atoms with Crippen molar-refractivity contribution < 1.29 is 31.9 Å². The van der Waals surface area contributed by atoms with Crippen molar-refractivity contribution in [3.8, 4) is 0 Å². The van der Waals surface area contributed by atoms with Gasteiger partial charge in [-0.05, 0) is 62.4 Å². The highest BCUT2D eigenvalue weighted by molar-refractivity contribution is 7.90. The van der Waals surface area contributed by atoms with E-state index in [0.29, 0.717) is 19.3 Å². The minimum absolute atomic E-state index is 0.0159. The lowest BCUT2D eigenvalue weighted by molar-refractivity contribution is -0.127. The second-order valence-corrected chi connectivity index (χ2v) is 11.9. The van der Waals surface area contributed by atoms with Gasteiger partial charge in [0.1, 0.15) is 17.7 Å². The van der Waals surface area contributed by atoms with Gasteiger partial charge in [-0.15, -0.1) is 0 Å². The fourth-order valence-corrected chi connectivity index (χ4v) is 5.59. The van der Waals surface area contributed by atoms with Crippen LogP contribution in [-0.2, 0) is 14.6 Å². The van der Waals surface area contributed by atoms with E-state index in [1.54, 1.807) is 0 Å². The Hall–Kier alpha value is -2.56. The first-order valence-corrected chi connectivity index (χ1v) is 13.9. The summed E-state index contributed by atoms with van der Waals surface area (Å²) in [5, 5.41) is 13.0. The van der Waals surface area contributed by atoms with Crippen LogP contribution >= 0.6 is 11.6 Å². The third kappa shape index (κ3) is 5.12. The average molecular weight is 541 g/mol. The molecule has 0 bridgehead atoms. The summed E-state index contributed by atoms with van der Waals surface area (Å²) >= 11 is 5.67. The van der Waals surface area contributed by atoms with E-state index in [9.17, 15) is 31.9 Å². The number of halogens is 3. The topological polar surface area (TPSA) is 104 Å². The summed E-state index contributed by atoms with van der Waals surface area (Å²) in [4.78, 5) is 28.3. The Labute approximate surface area is 213 Å². The number of amides is 2. The molecule has 2 aliphatic rings. The van der Waals surface area contributed by atoms with E-state index in [4.69, 9.17) is 11.6 Å². The molecular weight excluding hydrogens is 514 g/mol. The molecule has 0 unspecified atom stereocenters.